The van der Waals surface area contributed by atoms with Crippen molar-refractivity contribution in [3.63, 3.8) is 0 Å². The molecule has 3 heteroatoms. The Morgan fingerprint density at radius 1 is 1.25 bits per heavy atom. The molecule has 0 bridgehead atoms. The van der Waals surface area contributed by atoms with E-state index >= 15 is 0 Å². The fourth-order valence-electron chi connectivity index (χ4n) is 1.43. The van der Waals surface area contributed by atoms with E-state index in [0.717, 1.165) is 10.9 Å². The molecule has 84 valence electrons. The van der Waals surface area contributed by atoms with Gasteiger partial charge in [0, 0.05) is 5.39 Å². The lowest BCUT2D eigenvalue weighted by molar-refractivity contribution is 0.0696. The minimum atomic E-state index is -0.930. The van der Waals surface area contributed by atoms with E-state index in [2.05, 4.69) is 4.98 Å². The van der Waals surface area contributed by atoms with Crippen molar-refractivity contribution in [3.05, 3.63) is 41.6 Å². The monoisotopic (exact) mass is 217 g/mol. The van der Waals surface area contributed by atoms with E-state index in [9.17, 15) is 4.79 Å². The van der Waals surface area contributed by atoms with E-state index in [0.29, 0.717) is 5.69 Å². The second-order valence-electron chi connectivity index (χ2n) is 3.12. The van der Waals surface area contributed by atoms with E-state index in [-0.39, 0.29) is 5.56 Å². The van der Waals surface area contributed by atoms with E-state index in [1.54, 1.807) is 13.0 Å². The van der Waals surface area contributed by atoms with Crippen LogP contribution in [0.4, 0.5) is 0 Å². The minimum absolute atomic E-state index is 0.267. The van der Waals surface area contributed by atoms with Crippen molar-refractivity contribution < 1.29 is 9.90 Å². The average Bonchev–Trinajstić information content (AvgIpc) is 2.30. The predicted octanol–water partition coefficient (Wildman–Crippen LogP) is 3.27. The molecule has 0 radical (unpaired) electrons. The lowest BCUT2D eigenvalue weighted by atomic mass is 10.1. The number of carboxylic acid groups (broad SMARTS) is 1. The van der Waals surface area contributed by atoms with Gasteiger partial charge in [-0.1, -0.05) is 32.0 Å². The standard InChI is InChI=1S/C11H9NO2.C2H6/c1-7-9(11(13)14)6-8-4-2-3-5-10(8)12-7;1-2/h2-6H,1H3,(H,13,14);1-2H3. The maximum absolute atomic E-state index is 10.8. The summed E-state index contributed by atoms with van der Waals surface area (Å²) in [7, 11) is 0. The highest BCUT2D eigenvalue weighted by Gasteiger charge is 2.08. The van der Waals surface area contributed by atoms with Gasteiger partial charge in [-0.3, -0.25) is 4.98 Å². The summed E-state index contributed by atoms with van der Waals surface area (Å²) in [5, 5.41) is 9.74. The number of para-hydroxylation sites is 1. The Kier molecular flexibility index (Phi) is 4.00. The largest absolute Gasteiger partial charge is 0.478 e. The normalized spacial score (nSPS) is 9.44. The van der Waals surface area contributed by atoms with Crippen LogP contribution in [0.15, 0.2) is 30.3 Å². The van der Waals surface area contributed by atoms with Crippen LogP contribution in [0.2, 0.25) is 0 Å². The SMILES string of the molecule is CC.Cc1nc2ccccc2cc1C(=O)O. The van der Waals surface area contributed by atoms with Crippen LogP contribution >= 0.6 is 0 Å². The molecule has 1 N–H and O–H groups in total. The van der Waals surface area contributed by atoms with E-state index < -0.39 is 5.97 Å². The summed E-state index contributed by atoms with van der Waals surface area (Å²) in [5.41, 5.74) is 1.65. The summed E-state index contributed by atoms with van der Waals surface area (Å²) in [6.45, 7) is 5.70. The first kappa shape index (κ1) is 12.2. The molecule has 3 nitrogen and oxygen atoms in total. The zero-order valence-electron chi connectivity index (χ0n) is 9.69. The van der Waals surface area contributed by atoms with Gasteiger partial charge in [0.15, 0.2) is 0 Å². The minimum Gasteiger partial charge on any atom is -0.478 e. The van der Waals surface area contributed by atoms with Crippen LogP contribution in [0.25, 0.3) is 10.9 Å². The number of benzene rings is 1. The van der Waals surface area contributed by atoms with Crippen molar-refractivity contribution >= 4 is 16.9 Å². The second kappa shape index (κ2) is 5.26. The zero-order chi connectivity index (χ0) is 12.1. The molecule has 0 aliphatic rings. The molecule has 0 unspecified atom stereocenters. The van der Waals surface area contributed by atoms with E-state index in [1.165, 1.54) is 0 Å². The molecule has 0 atom stereocenters. The Hall–Kier alpha value is -1.90. The van der Waals surface area contributed by atoms with Crippen LogP contribution in [-0.4, -0.2) is 16.1 Å². The number of aromatic carboxylic acids is 1. The van der Waals surface area contributed by atoms with Crippen LogP contribution in [0.1, 0.15) is 29.9 Å². The quantitative estimate of drug-likeness (QED) is 0.797. The number of hydrogen-bond donors (Lipinski definition) is 1. The number of carbonyl (C=O) groups is 1. The molecule has 2 rings (SSSR count). The smallest absolute Gasteiger partial charge is 0.337 e. The molecule has 0 spiro atoms. The summed E-state index contributed by atoms with van der Waals surface area (Å²) in [6.07, 6.45) is 0. The molecule has 0 saturated heterocycles. The second-order valence-corrected chi connectivity index (χ2v) is 3.12. The highest BCUT2D eigenvalue weighted by molar-refractivity contribution is 5.93. The van der Waals surface area contributed by atoms with Gasteiger partial charge in [-0.15, -0.1) is 0 Å². The van der Waals surface area contributed by atoms with Crippen molar-refractivity contribution in [1.29, 1.82) is 0 Å². The molecule has 1 aromatic carbocycles. The third-order valence-corrected chi connectivity index (χ3v) is 2.14. The Balaban J connectivity index is 0.000000606. The number of hydrogen-bond acceptors (Lipinski definition) is 2. The third-order valence-electron chi connectivity index (χ3n) is 2.14. The number of aryl methyl sites for hydroxylation is 1. The number of carboxylic acids is 1. The first-order valence-electron chi connectivity index (χ1n) is 5.28. The van der Waals surface area contributed by atoms with Gasteiger partial charge >= 0.3 is 5.97 Å². The molecule has 0 aliphatic carbocycles. The third kappa shape index (κ3) is 2.37. The number of rotatable bonds is 1. The summed E-state index contributed by atoms with van der Waals surface area (Å²) < 4.78 is 0. The Morgan fingerprint density at radius 3 is 2.50 bits per heavy atom. The summed E-state index contributed by atoms with van der Waals surface area (Å²) in [6, 6.07) is 9.13. The van der Waals surface area contributed by atoms with Crippen LogP contribution in [0, 0.1) is 6.92 Å². The number of aromatic nitrogens is 1. The fourth-order valence-corrected chi connectivity index (χ4v) is 1.43. The lowest BCUT2D eigenvalue weighted by Gasteiger charge is -2.02. The molecule has 0 amide bonds. The molecule has 0 saturated carbocycles. The van der Waals surface area contributed by atoms with E-state index in [1.807, 2.05) is 38.1 Å². The van der Waals surface area contributed by atoms with Crippen LogP contribution in [0.3, 0.4) is 0 Å². The van der Waals surface area contributed by atoms with Crippen LogP contribution in [0.5, 0.6) is 0 Å². The first-order chi connectivity index (χ1) is 7.68. The van der Waals surface area contributed by atoms with Gasteiger partial charge in [0.1, 0.15) is 0 Å². The van der Waals surface area contributed by atoms with Crippen molar-refractivity contribution in [3.8, 4) is 0 Å². The number of pyridine rings is 1. The van der Waals surface area contributed by atoms with Crippen molar-refractivity contribution in [2.75, 3.05) is 0 Å². The Morgan fingerprint density at radius 2 is 1.88 bits per heavy atom. The van der Waals surface area contributed by atoms with Crippen molar-refractivity contribution in [2.45, 2.75) is 20.8 Å². The van der Waals surface area contributed by atoms with Crippen molar-refractivity contribution in [1.82, 2.24) is 4.98 Å². The predicted molar refractivity (Wildman–Crippen MR) is 64.8 cm³/mol. The maximum atomic E-state index is 10.8. The zero-order valence-corrected chi connectivity index (χ0v) is 9.69. The number of nitrogens with zero attached hydrogens (tertiary/aromatic N) is 1. The molecule has 0 aliphatic heterocycles. The molecular formula is C13H15NO2. The molecule has 16 heavy (non-hydrogen) atoms. The van der Waals surface area contributed by atoms with Gasteiger partial charge in [0.2, 0.25) is 0 Å². The van der Waals surface area contributed by atoms with Gasteiger partial charge in [0.25, 0.3) is 0 Å². The Bertz CT molecular complexity index is 506. The molecule has 1 aromatic heterocycles. The van der Waals surface area contributed by atoms with E-state index in [4.69, 9.17) is 5.11 Å². The summed E-state index contributed by atoms with van der Waals surface area (Å²) >= 11 is 0. The average molecular weight is 217 g/mol. The highest BCUT2D eigenvalue weighted by atomic mass is 16.4. The number of fused-ring (bicyclic) bond motifs is 1. The van der Waals surface area contributed by atoms with Gasteiger partial charge < -0.3 is 5.11 Å². The topological polar surface area (TPSA) is 50.2 Å². The van der Waals surface area contributed by atoms with Gasteiger partial charge in [-0.05, 0) is 19.1 Å². The Labute approximate surface area is 94.8 Å². The fraction of sp³-hybridized carbons (Fsp3) is 0.231. The lowest BCUT2D eigenvalue weighted by Crippen LogP contribution is -2.01. The molecule has 1 heterocycles. The van der Waals surface area contributed by atoms with Crippen LogP contribution < -0.4 is 0 Å². The van der Waals surface area contributed by atoms with Crippen molar-refractivity contribution in [2.24, 2.45) is 0 Å². The summed E-state index contributed by atoms with van der Waals surface area (Å²) in [4.78, 5) is 15.0. The van der Waals surface area contributed by atoms with Crippen LogP contribution in [-0.2, 0) is 0 Å². The molecular weight excluding hydrogens is 202 g/mol. The molecule has 2 aromatic rings. The summed E-state index contributed by atoms with van der Waals surface area (Å²) in [5.74, 6) is -0.930. The maximum Gasteiger partial charge on any atom is 0.337 e. The first-order valence-corrected chi connectivity index (χ1v) is 5.28. The van der Waals surface area contributed by atoms with Gasteiger partial charge in [-0.2, -0.15) is 0 Å². The van der Waals surface area contributed by atoms with Gasteiger partial charge in [0.05, 0.1) is 16.8 Å². The highest BCUT2D eigenvalue weighted by Crippen LogP contribution is 2.15. The molecule has 0 fully saturated rings. The van der Waals surface area contributed by atoms with Gasteiger partial charge in [-0.25, -0.2) is 4.79 Å².